The van der Waals surface area contributed by atoms with Crippen LogP contribution in [0.2, 0.25) is 0 Å². The standard InChI is InChI=1S/C9H22N2/c1-8(2)11(4)9(3)6-5-7-10/h8-9H,5-7,10H2,1-4H3. The minimum atomic E-state index is 0.641. The summed E-state index contributed by atoms with van der Waals surface area (Å²) in [6.45, 7) is 7.52. The fourth-order valence-corrected chi connectivity index (χ4v) is 1.13. The first-order valence-electron chi connectivity index (χ1n) is 4.51. The Hall–Kier alpha value is -0.0800. The molecule has 0 heterocycles. The van der Waals surface area contributed by atoms with Gasteiger partial charge < -0.3 is 10.6 Å². The van der Waals surface area contributed by atoms with E-state index in [1.807, 2.05) is 0 Å². The fourth-order valence-electron chi connectivity index (χ4n) is 1.13. The van der Waals surface area contributed by atoms with Crippen molar-refractivity contribution in [3.05, 3.63) is 0 Å². The van der Waals surface area contributed by atoms with E-state index in [4.69, 9.17) is 5.73 Å². The summed E-state index contributed by atoms with van der Waals surface area (Å²) in [5.41, 5.74) is 5.43. The molecule has 0 aliphatic heterocycles. The van der Waals surface area contributed by atoms with Crippen molar-refractivity contribution in [1.82, 2.24) is 4.90 Å². The zero-order chi connectivity index (χ0) is 8.85. The minimum absolute atomic E-state index is 0.641. The second-order valence-corrected chi connectivity index (χ2v) is 3.54. The van der Waals surface area contributed by atoms with Gasteiger partial charge in [-0.05, 0) is 47.2 Å². The Morgan fingerprint density at radius 1 is 1.27 bits per heavy atom. The molecule has 0 aromatic carbocycles. The molecule has 0 aliphatic rings. The van der Waals surface area contributed by atoms with Gasteiger partial charge in [0.05, 0.1) is 0 Å². The summed E-state index contributed by atoms with van der Waals surface area (Å²) in [7, 11) is 2.17. The molecular weight excluding hydrogens is 136 g/mol. The molecule has 0 saturated carbocycles. The molecule has 2 nitrogen and oxygen atoms in total. The molecule has 68 valence electrons. The molecule has 1 atom stereocenters. The van der Waals surface area contributed by atoms with Gasteiger partial charge in [-0.1, -0.05) is 0 Å². The maximum absolute atomic E-state index is 5.43. The Morgan fingerprint density at radius 3 is 2.18 bits per heavy atom. The number of nitrogens with two attached hydrogens (primary N) is 1. The van der Waals surface area contributed by atoms with Crippen LogP contribution in [0.15, 0.2) is 0 Å². The third-order valence-electron chi connectivity index (χ3n) is 2.34. The van der Waals surface area contributed by atoms with E-state index in [2.05, 4.69) is 32.7 Å². The molecule has 11 heavy (non-hydrogen) atoms. The van der Waals surface area contributed by atoms with Gasteiger partial charge >= 0.3 is 0 Å². The van der Waals surface area contributed by atoms with E-state index in [9.17, 15) is 0 Å². The zero-order valence-electron chi connectivity index (χ0n) is 8.30. The minimum Gasteiger partial charge on any atom is -0.330 e. The lowest BCUT2D eigenvalue weighted by atomic mass is 10.1. The van der Waals surface area contributed by atoms with Crippen LogP contribution in [-0.2, 0) is 0 Å². The topological polar surface area (TPSA) is 29.3 Å². The third kappa shape index (κ3) is 4.38. The number of hydrogen-bond acceptors (Lipinski definition) is 2. The second-order valence-electron chi connectivity index (χ2n) is 3.54. The first-order valence-corrected chi connectivity index (χ1v) is 4.51. The van der Waals surface area contributed by atoms with Crippen LogP contribution >= 0.6 is 0 Å². The van der Waals surface area contributed by atoms with Crippen LogP contribution in [0.5, 0.6) is 0 Å². The van der Waals surface area contributed by atoms with Crippen molar-refractivity contribution in [2.24, 2.45) is 5.73 Å². The summed E-state index contributed by atoms with van der Waals surface area (Å²) >= 11 is 0. The van der Waals surface area contributed by atoms with Gasteiger partial charge in [-0.25, -0.2) is 0 Å². The van der Waals surface area contributed by atoms with E-state index in [0.29, 0.717) is 12.1 Å². The van der Waals surface area contributed by atoms with Gasteiger partial charge in [-0.15, -0.1) is 0 Å². The molecule has 2 N–H and O–H groups in total. The highest BCUT2D eigenvalue weighted by atomic mass is 15.1. The largest absolute Gasteiger partial charge is 0.330 e. The smallest absolute Gasteiger partial charge is 0.00670 e. The number of hydrogen-bond donors (Lipinski definition) is 1. The third-order valence-corrected chi connectivity index (χ3v) is 2.34. The first-order chi connectivity index (χ1) is 5.09. The lowest BCUT2D eigenvalue weighted by molar-refractivity contribution is 0.197. The predicted octanol–water partition coefficient (Wildman–Crippen LogP) is 1.45. The Kier molecular flexibility index (Phi) is 5.51. The quantitative estimate of drug-likeness (QED) is 0.656. The van der Waals surface area contributed by atoms with Crippen molar-refractivity contribution in [2.45, 2.75) is 45.7 Å². The SMILES string of the molecule is CC(C)N(C)C(C)CCCN. The van der Waals surface area contributed by atoms with E-state index in [1.165, 1.54) is 6.42 Å². The summed E-state index contributed by atoms with van der Waals surface area (Å²) in [5.74, 6) is 0. The summed E-state index contributed by atoms with van der Waals surface area (Å²) in [4.78, 5) is 2.38. The molecule has 0 amide bonds. The van der Waals surface area contributed by atoms with Crippen LogP contribution in [-0.4, -0.2) is 30.6 Å². The average Bonchev–Trinajstić information content (AvgIpc) is 1.98. The van der Waals surface area contributed by atoms with Crippen molar-refractivity contribution >= 4 is 0 Å². The first kappa shape index (κ1) is 10.9. The number of nitrogens with zero attached hydrogens (tertiary/aromatic N) is 1. The van der Waals surface area contributed by atoms with Crippen molar-refractivity contribution in [3.8, 4) is 0 Å². The average molecular weight is 158 g/mol. The molecule has 0 rings (SSSR count). The second kappa shape index (κ2) is 5.56. The van der Waals surface area contributed by atoms with Gasteiger partial charge in [0.25, 0.3) is 0 Å². The molecule has 1 unspecified atom stereocenters. The molecule has 0 aromatic heterocycles. The lowest BCUT2D eigenvalue weighted by Gasteiger charge is -2.28. The van der Waals surface area contributed by atoms with Gasteiger partial charge in [0.2, 0.25) is 0 Å². The highest BCUT2D eigenvalue weighted by molar-refractivity contribution is 4.66. The van der Waals surface area contributed by atoms with Gasteiger partial charge in [-0.2, -0.15) is 0 Å². The molecular formula is C9H22N2. The van der Waals surface area contributed by atoms with E-state index < -0.39 is 0 Å². The molecule has 0 saturated heterocycles. The summed E-state index contributed by atoms with van der Waals surface area (Å²) in [6, 6.07) is 1.31. The summed E-state index contributed by atoms with van der Waals surface area (Å²) in [5, 5.41) is 0. The van der Waals surface area contributed by atoms with Crippen molar-refractivity contribution in [3.63, 3.8) is 0 Å². The normalized spacial score (nSPS) is 14.5. The van der Waals surface area contributed by atoms with Crippen LogP contribution in [0.4, 0.5) is 0 Å². The molecule has 0 spiro atoms. The van der Waals surface area contributed by atoms with Gasteiger partial charge in [0.1, 0.15) is 0 Å². The summed E-state index contributed by atoms with van der Waals surface area (Å²) < 4.78 is 0. The Morgan fingerprint density at radius 2 is 1.82 bits per heavy atom. The van der Waals surface area contributed by atoms with Crippen molar-refractivity contribution < 1.29 is 0 Å². The molecule has 2 heteroatoms. The number of rotatable bonds is 5. The molecule has 0 fully saturated rings. The van der Waals surface area contributed by atoms with E-state index >= 15 is 0 Å². The van der Waals surface area contributed by atoms with E-state index in [0.717, 1.165) is 13.0 Å². The van der Waals surface area contributed by atoms with E-state index in [-0.39, 0.29) is 0 Å². The van der Waals surface area contributed by atoms with Crippen molar-refractivity contribution in [1.29, 1.82) is 0 Å². The highest BCUT2D eigenvalue weighted by Crippen LogP contribution is 2.06. The summed E-state index contributed by atoms with van der Waals surface area (Å²) in [6.07, 6.45) is 2.35. The maximum atomic E-state index is 5.43. The van der Waals surface area contributed by atoms with Crippen molar-refractivity contribution in [2.75, 3.05) is 13.6 Å². The predicted molar refractivity (Wildman–Crippen MR) is 50.6 cm³/mol. The fraction of sp³-hybridized carbons (Fsp3) is 1.00. The molecule has 0 aliphatic carbocycles. The molecule has 0 bridgehead atoms. The van der Waals surface area contributed by atoms with Crippen LogP contribution in [0.25, 0.3) is 0 Å². The Bertz CT molecular complexity index is 91.6. The maximum Gasteiger partial charge on any atom is 0.00670 e. The molecule has 0 radical (unpaired) electrons. The lowest BCUT2D eigenvalue weighted by Crippen LogP contribution is -2.35. The van der Waals surface area contributed by atoms with Gasteiger partial charge in [-0.3, -0.25) is 0 Å². The van der Waals surface area contributed by atoms with Crippen LogP contribution < -0.4 is 5.73 Å². The van der Waals surface area contributed by atoms with Crippen LogP contribution in [0, 0.1) is 0 Å². The Labute approximate surface area is 70.8 Å². The van der Waals surface area contributed by atoms with Crippen LogP contribution in [0.1, 0.15) is 33.6 Å². The molecule has 0 aromatic rings. The monoisotopic (exact) mass is 158 g/mol. The highest BCUT2D eigenvalue weighted by Gasteiger charge is 2.10. The van der Waals surface area contributed by atoms with Gasteiger partial charge in [0.15, 0.2) is 0 Å². The zero-order valence-corrected chi connectivity index (χ0v) is 8.30. The Balaban J connectivity index is 3.55. The van der Waals surface area contributed by atoms with Crippen LogP contribution in [0.3, 0.4) is 0 Å². The van der Waals surface area contributed by atoms with E-state index in [1.54, 1.807) is 0 Å². The van der Waals surface area contributed by atoms with Gasteiger partial charge in [0, 0.05) is 12.1 Å².